The lowest BCUT2D eigenvalue weighted by Crippen LogP contribution is -2.25. The van der Waals surface area contributed by atoms with E-state index in [1.165, 1.54) is 0 Å². The molecular formula is C23H26N4O5. The summed E-state index contributed by atoms with van der Waals surface area (Å²) in [5.74, 6) is 1.21. The molecule has 0 atom stereocenters. The molecule has 0 unspecified atom stereocenters. The van der Waals surface area contributed by atoms with Crippen molar-refractivity contribution in [2.75, 3.05) is 47.7 Å². The number of anilines is 4. The van der Waals surface area contributed by atoms with E-state index in [2.05, 4.69) is 10.6 Å². The van der Waals surface area contributed by atoms with Gasteiger partial charge in [-0.3, -0.25) is 9.59 Å². The fraction of sp³-hybridized carbons (Fsp3) is 0.348. The topological polar surface area (TPSA) is 100 Å². The molecule has 4 rings (SSSR count). The Kier molecular flexibility index (Phi) is 6.16. The minimum Gasteiger partial charge on any atom is -0.495 e. The largest absolute Gasteiger partial charge is 0.495 e. The van der Waals surface area contributed by atoms with E-state index in [-0.39, 0.29) is 11.8 Å². The molecule has 2 saturated heterocycles. The van der Waals surface area contributed by atoms with Crippen molar-refractivity contribution < 1.29 is 23.9 Å². The van der Waals surface area contributed by atoms with Crippen LogP contribution in [0, 0.1) is 0 Å². The van der Waals surface area contributed by atoms with Crippen molar-refractivity contribution in [2.24, 2.45) is 0 Å². The third-order valence-corrected chi connectivity index (χ3v) is 5.60. The Morgan fingerprint density at radius 3 is 1.56 bits per heavy atom. The molecule has 0 aliphatic carbocycles. The van der Waals surface area contributed by atoms with Crippen LogP contribution in [0.1, 0.15) is 25.7 Å². The molecule has 2 fully saturated rings. The second-order valence-corrected chi connectivity index (χ2v) is 7.65. The number of methoxy groups -OCH3 is 2. The lowest BCUT2D eigenvalue weighted by Gasteiger charge is -2.21. The van der Waals surface area contributed by atoms with Crippen molar-refractivity contribution in [2.45, 2.75) is 25.7 Å². The number of hydrogen-bond donors (Lipinski definition) is 2. The second-order valence-electron chi connectivity index (χ2n) is 7.65. The maximum absolute atomic E-state index is 12.6. The second kappa shape index (κ2) is 9.17. The van der Waals surface area contributed by atoms with Crippen LogP contribution in [0.5, 0.6) is 11.5 Å². The first-order chi connectivity index (χ1) is 15.5. The highest BCUT2D eigenvalue weighted by atomic mass is 16.5. The highest BCUT2D eigenvalue weighted by molar-refractivity contribution is 6.03. The van der Waals surface area contributed by atoms with E-state index >= 15 is 0 Å². The predicted molar refractivity (Wildman–Crippen MR) is 122 cm³/mol. The average Bonchev–Trinajstić information content (AvgIpc) is 3.41. The first kappa shape index (κ1) is 21.5. The monoisotopic (exact) mass is 438 g/mol. The summed E-state index contributed by atoms with van der Waals surface area (Å²) >= 11 is 0. The molecule has 32 heavy (non-hydrogen) atoms. The van der Waals surface area contributed by atoms with Crippen molar-refractivity contribution in [1.82, 2.24) is 0 Å². The number of ether oxygens (including phenoxy) is 2. The number of nitrogens with zero attached hydrogens (tertiary/aromatic N) is 2. The van der Waals surface area contributed by atoms with Gasteiger partial charge in [0.1, 0.15) is 11.5 Å². The fourth-order valence-electron chi connectivity index (χ4n) is 4.06. The molecule has 0 saturated carbocycles. The highest BCUT2D eigenvalue weighted by Gasteiger charge is 2.26. The highest BCUT2D eigenvalue weighted by Crippen LogP contribution is 2.35. The minimum atomic E-state index is -0.447. The van der Waals surface area contributed by atoms with Gasteiger partial charge in [-0.2, -0.15) is 0 Å². The van der Waals surface area contributed by atoms with Gasteiger partial charge in [0.2, 0.25) is 11.8 Å². The SMILES string of the molecule is COc1ccc(NC(=O)Nc2ccc(OC)c(N3CCCC3=O)c2)cc1N1CCCC1=O. The van der Waals surface area contributed by atoms with Crippen LogP contribution in [0.3, 0.4) is 0 Å². The van der Waals surface area contributed by atoms with Gasteiger partial charge >= 0.3 is 6.03 Å². The van der Waals surface area contributed by atoms with Crippen LogP contribution in [-0.2, 0) is 9.59 Å². The van der Waals surface area contributed by atoms with Gasteiger partial charge in [-0.25, -0.2) is 4.79 Å². The molecule has 0 radical (unpaired) electrons. The molecule has 9 nitrogen and oxygen atoms in total. The summed E-state index contributed by atoms with van der Waals surface area (Å²) in [6.45, 7) is 1.24. The molecular weight excluding hydrogens is 412 g/mol. The molecule has 9 heteroatoms. The van der Waals surface area contributed by atoms with Gasteiger partial charge < -0.3 is 29.9 Å². The Morgan fingerprint density at radius 2 is 1.22 bits per heavy atom. The molecule has 2 aromatic rings. The van der Waals surface area contributed by atoms with Crippen molar-refractivity contribution in [3.05, 3.63) is 36.4 Å². The molecule has 0 spiro atoms. The van der Waals surface area contributed by atoms with Gasteiger partial charge in [-0.15, -0.1) is 0 Å². The zero-order valence-corrected chi connectivity index (χ0v) is 18.1. The summed E-state index contributed by atoms with van der Waals surface area (Å²) < 4.78 is 10.8. The summed E-state index contributed by atoms with van der Waals surface area (Å²) in [6.07, 6.45) is 2.58. The maximum Gasteiger partial charge on any atom is 0.323 e. The van der Waals surface area contributed by atoms with E-state index in [9.17, 15) is 14.4 Å². The molecule has 2 aliphatic rings. The lowest BCUT2D eigenvalue weighted by molar-refractivity contribution is -0.117. The molecule has 168 valence electrons. The van der Waals surface area contributed by atoms with Gasteiger partial charge in [0.25, 0.3) is 0 Å². The predicted octanol–water partition coefficient (Wildman–Crippen LogP) is 3.60. The van der Waals surface area contributed by atoms with Crippen molar-refractivity contribution in [3.8, 4) is 11.5 Å². The van der Waals surface area contributed by atoms with Crippen LogP contribution in [-0.4, -0.2) is 45.2 Å². The van der Waals surface area contributed by atoms with Crippen LogP contribution in [0.2, 0.25) is 0 Å². The van der Waals surface area contributed by atoms with Crippen molar-refractivity contribution in [3.63, 3.8) is 0 Å². The number of nitrogens with one attached hydrogen (secondary N) is 2. The Balaban J connectivity index is 1.50. The number of carbonyl (C=O) groups excluding carboxylic acids is 3. The van der Waals surface area contributed by atoms with E-state index in [0.29, 0.717) is 60.2 Å². The first-order valence-electron chi connectivity index (χ1n) is 10.5. The van der Waals surface area contributed by atoms with Crippen molar-refractivity contribution >= 4 is 40.6 Å². The first-order valence-corrected chi connectivity index (χ1v) is 10.5. The molecule has 0 bridgehead atoms. The smallest absolute Gasteiger partial charge is 0.323 e. The number of hydrogen-bond acceptors (Lipinski definition) is 5. The Morgan fingerprint density at radius 1 is 0.781 bits per heavy atom. The van der Waals surface area contributed by atoms with Crippen LogP contribution in [0.4, 0.5) is 27.5 Å². The molecule has 2 N–H and O–H groups in total. The zero-order chi connectivity index (χ0) is 22.7. The minimum absolute atomic E-state index is 0.0344. The van der Waals surface area contributed by atoms with Gasteiger partial charge in [0.05, 0.1) is 25.6 Å². The van der Waals surface area contributed by atoms with Crippen LogP contribution < -0.4 is 29.9 Å². The number of amides is 4. The lowest BCUT2D eigenvalue weighted by atomic mass is 10.2. The van der Waals surface area contributed by atoms with Gasteiger partial charge in [-0.05, 0) is 49.2 Å². The fourth-order valence-corrected chi connectivity index (χ4v) is 4.06. The van der Waals surface area contributed by atoms with Gasteiger partial charge in [-0.1, -0.05) is 0 Å². The summed E-state index contributed by atoms with van der Waals surface area (Å²) in [6, 6.07) is 9.88. The standard InChI is InChI=1S/C23H26N4O5/c1-31-19-9-7-15(13-17(19)26-11-3-5-21(26)28)24-23(30)25-16-8-10-20(32-2)18(14-16)27-12-4-6-22(27)29/h7-10,13-14H,3-6,11-12H2,1-2H3,(H2,24,25,30). The number of urea groups is 1. The normalized spacial score (nSPS) is 15.8. The van der Waals surface area contributed by atoms with Crippen LogP contribution in [0.25, 0.3) is 0 Å². The summed E-state index contributed by atoms with van der Waals surface area (Å²) in [4.78, 5) is 40.3. The number of carbonyl (C=O) groups is 3. The van der Waals surface area contributed by atoms with Gasteiger partial charge in [0.15, 0.2) is 0 Å². The summed E-state index contributed by atoms with van der Waals surface area (Å²) in [7, 11) is 3.09. The molecule has 2 aromatic carbocycles. The zero-order valence-electron chi connectivity index (χ0n) is 18.1. The molecule has 4 amide bonds. The van der Waals surface area contributed by atoms with E-state index in [4.69, 9.17) is 9.47 Å². The summed E-state index contributed by atoms with van der Waals surface area (Å²) in [5.41, 5.74) is 2.32. The van der Waals surface area contributed by atoms with Gasteiger partial charge in [0, 0.05) is 37.3 Å². The Hall–Kier alpha value is -3.75. The van der Waals surface area contributed by atoms with E-state index in [1.54, 1.807) is 60.4 Å². The van der Waals surface area contributed by atoms with E-state index in [0.717, 1.165) is 12.8 Å². The Bertz CT molecular complexity index is 973. The molecule has 2 aliphatic heterocycles. The Labute approximate surface area is 186 Å². The van der Waals surface area contributed by atoms with Crippen molar-refractivity contribution in [1.29, 1.82) is 0 Å². The van der Waals surface area contributed by atoms with E-state index < -0.39 is 6.03 Å². The number of benzene rings is 2. The third-order valence-electron chi connectivity index (χ3n) is 5.60. The summed E-state index contributed by atoms with van der Waals surface area (Å²) in [5, 5.41) is 5.58. The third kappa shape index (κ3) is 4.32. The number of rotatable bonds is 6. The molecule has 2 heterocycles. The van der Waals surface area contributed by atoms with Crippen LogP contribution >= 0.6 is 0 Å². The quantitative estimate of drug-likeness (QED) is 0.718. The van der Waals surface area contributed by atoms with Crippen LogP contribution in [0.15, 0.2) is 36.4 Å². The maximum atomic E-state index is 12.6. The molecule has 0 aromatic heterocycles. The van der Waals surface area contributed by atoms with E-state index in [1.807, 2.05) is 0 Å². The average molecular weight is 438 g/mol.